The van der Waals surface area contributed by atoms with Crippen molar-refractivity contribution >= 4 is 22.5 Å². The summed E-state index contributed by atoms with van der Waals surface area (Å²) in [6, 6.07) is 9.01. The molecule has 152 valence electrons. The molecular formula is C20H22N4O5. The first-order valence-electron chi connectivity index (χ1n) is 8.69. The molecule has 0 saturated carbocycles. The van der Waals surface area contributed by atoms with Crippen LogP contribution in [0.1, 0.15) is 18.2 Å². The Hall–Kier alpha value is -3.75. The fraction of sp³-hybridized carbons (Fsp3) is 0.250. The summed E-state index contributed by atoms with van der Waals surface area (Å²) in [5, 5.41) is 12.5. The number of amides is 1. The van der Waals surface area contributed by atoms with E-state index in [4.69, 9.17) is 18.9 Å². The van der Waals surface area contributed by atoms with Gasteiger partial charge < -0.3 is 18.9 Å². The summed E-state index contributed by atoms with van der Waals surface area (Å²) in [4.78, 5) is 11.5. The summed E-state index contributed by atoms with van der Waals surface area (Å²) in [5.74, 6) is 1.75. The molecule has 3 aromatic rings. The highest BCUT2D eigenvalue weighted by molar-refractivity contribution is 6.18. The largest absolute Gasteiger partial charge is 0.497 e. The molecule has 0 bridgehead atoms. The van der Waals surface area contributed by atoms with Crippen LogP contribution in [-0.2, 0) is 4.79 Å². The van der Waals surface area contributed by atoms with Gasteiger partial charge in [-0.05, 0) is 24.3 Å². The first kappa shape index (κ1) is 20.0. The number of aromatic amines is 1. The number of carbonyl (C=O) groups is 1. The lowest BCUT2D eigenvalue weighted by molar-refractivity contribution is -0.118. The molecule has 3 rings (SSSR count). The van der Waals surface area contributed by atoms with Gasteiger partial charge in [0.05, 0.1) is 34.0 Å². The monoisotopic (exact) mass is 398 g/mol. The van der Waals surface area contributed by atoms with Gasteiger partial charge in [-0.1, -0.05) is 0 Å². The second-order valence-corrected chi connectivity index (χ2v) is 6.03. The second-order valence-electron chi connectivity index (χ2n) is 6.03. The minimum Gasteiger partial charge on any atom is -0.497 e. The third-order valence-corrected chi connectivity index (χ3v) is 4.26. The highest BCUT2D eigenvalue weighted by Crippen LogP contribution is 2.39. The Bertz CT molecular complexity index is 1050. The van der Waals surface area contributed by atoms with E-state index in [-0.39, 0.29) is 5.91 Å². The van der Waals surface area contributed by atoms with Crippen LogP contribution in [0, 0.1) is 0 Å². The maximum absolute atomic E-state index is 11.5. The second kappa shape index (κ2) is 8.51. The van der Waals surface area contributed by atoms with Gasteiger partial charge in [-0.15, -0.1) is 0 Å². The summed E-state index contributed by atoms with van der Waals surface area (Å²) in [6.07, 6.45) is 0. The van der Waals surface area contributed by atoms with Crippen molar-refractivity contribution in [2.75, 3.05) is 28.4 Å². The standard InChI is InChI=1S/C20H22N4O5/c1-11(25)21-23-18(12-8-16(27-3)20(29-5)17(9-12)28-4)19-14-7-6-13(26-2)10-15(14)22-24-19/h6-10H,1-5H3,(H,21,25)(H,22,24). The van der Waals surface area contributed by atoms with Gasteiger partial charge in [0.25, 0.3) is 0 Å². The maximum atomic E-state index is 11.5. The zero-order chi connectivity index (χ0) is 21.0. The summed E-state index contributed by atoms with van der Waals surface area (Å²) in [7, 11) is 6.18. The molecule has 0 spiro atoms. The number of nitrogens with zero attached hydrogens (tertiary/aromatic N) is 2. The van der Waals surface area contributed by atoms with Crippen molar-refractivity contribution in [1.29, 1.82) is 0 Å². The fourth-order valence-corrected chi connectivity index (χ4v) is 2.91. The van der Waals surface area contributed by atoms with Gasteiger partial charge in [-0.3, -0.25) is 9.89 Å². The average molecular weight is 398 g/mol. The molecule has 0 aliphatic carbocycles. The van der Waals surface area contributed by atoms with E-state index in [2.05, 4.69) is 20.7 Å². The van der Waals surface area contributed by atoms with Crippen molar-refractivity contribution in [3.8, 4) is 23.0 Å². The smallest absolute Gasteiger partial charge is 0.236 e. The Morgan fingerprint density at radius 3 is 2.24 bits per heavy atom. The minimum atomic E-state index is -0.309. The number of fused-ring (bicyclic) bond motifs is 1. The molecule has 0 aliphatic heterocycles. The lowest BCUT2D eigenvalue weighted by Gasteiger charge is -2.14. The molecule has 9 heteroatoms. The van der Waals surface area contributed by atoms with E-state index in [9.17, 15) is 4.79 Å². The molecule has 29 heavy (non-hydrogen) atoms. The molecule has 0 unspecified atom stereocenters. The van der Waals surface area contributed by atoms with Crippen molar-refractivity contribution in [1.82, 2.24) is 15.6 Å². The predicted molar refractivity (Wildman–Crippen MR) is 108 cm³/mol. The van der Waals surface area contributed by atoms with E-state index in [0.717, 1.165) is 10.9 Å². The molecule has 0 saturated heterocycles. The van der Waals surface area contributed by atoms with Gasteiger partial charge >= 0.3 is 0 Å². The van der Waals surface area contributed by atoms with Crippen molar-refractivity contribution < 1.29 is 23.7 Å². The first-order chi connectivity index (χ1) is 14.0. The number of carbonyl (C=O) groups excluding carboxylic acids is 1. The molecule has 1 heterocycles. The number of H-pyrrole nitrogens is 1. The SMILES string of the molecule is COc1ccc2c(C(=NNC(C)=O)c3cc(OC)c(OC)c(OC)c3)n[nH]c2c1. The van der Waals surface area contributed by atoms with Crippen LogP contribution in [-0.4, -0.2) is 50.3 Å². The number of hydrogen-bond donors (Lipinski definition) is 2. The van der Waals surface area contributed by atoms with Crippen molar-refractivity contribution in [3.63, 3.8) is 0 Å². The number of nitrogens with one attached hydrogen (secondary N) is 2. The highest BCUT2D eigenvalue weighted by atomic mass is 16.5. The summed E-state index contributed by atoms with van der Waals surface area (Å²) in [6.45, 7) is 1.38. The highest BCUT2D eigenvalue weighted by Gasteiger charge is 2.21. The molecule has 1 amide bonds. The quantitative estimate of drug-likeness (QED) is 0.468. The molecule has 0 aliphatic rings. The zero-order valence-electron chi connectivity index (χ0n) is 16.8. The third kappa shape index (κ3) is 3.93. The van der Waals surface area contributed by atoms with Gasteiger partial charge in [0, 0.05) is 23.9 Å². The van der Waals surface area contributed by atoms with Gasteiger partial charge in [0.1, 0.15) is 17.2 Å². The van der Waals surface area contributed by atoms with Crippen molar-refractivity contribution in [2.24, 2.45) is 5.10 Å². The summed E-state index contributed by atoms with van der Waals surface area (Å²) >= 11 is 0. The van der Waals surface area contributed by atoms with Crippen LogP contribution in [0.25, 0.3) is 10.9 Å². The topological polar surface area (TPSA) is 107 Å². The van der Waals surface area contributed by atoms with Gasteiger partial charge in [0.15, 0.2) is 11.5 Å². The predicted octanol–water partition coefficient (Wildman–Crippen LogP) is 2.49. The van der Waals surface area contributed by atoms with Crippen LogP contribution in [0.3, 0.4) is 0 Å². The van der Waals surface area contributed by atoms with E-state index in [1.165, 1.54) is 28.3 Å². The van der Waals surface area contributed by atoms with Crippen LogP contribution in [0.15, 0.2) is 35.4 Å². The van der Waals surface area contributed by atoms with Gasteiger partial charge in [-0.25, -0.2) is 5.43 Å². The number of rotatable bonds is 7. The molecule has 0 radical (unpaired) electrons. The number of ether oxygens (including phenoxy) is 4. The molecule has 0 fully saturated rings. The molecule has 1 aromatic heterocycles. The lowest BCUT2D eigenvalue weighted by atomic mass is 10.0. The lowest BCUT2D eigenvalue weighted by Crippen LogP contribution is -2.18. The Morgan fingerprint density at radius 1 is 1.00 bits per heavy atom. The van der Waals surface area contributed by atoms with Crippen LogP contribution in [0.5, 0.6) is 23.0 Å². The molecule has 2 N–H and O–H groups in total. The number of aromatic nitrogens is 2. The summed E-state index contributed by atoms with van der Waals surface area (Å²) in [5.41, 5.74) is 4.84. The Kier molecular flexibility index (Phi) is 5.87. The van der Waals surface area contributed by atoms with E-state index in [1.54, 1.807) is 19.2 Å². The van der Waals surface area contributed by atoms with E-state index in [1.807, 2.05) is 18.2 Å². The first-order valence-corrected chi connectivity index (χ1v) is 8.69. The van der Waals surface area contributed by atoms with Crippen LogP contribution in [0.2, 0.25) is 0 Å². The number of benzene rings is 2. The van der Waals surface area contributed by atoms with Gasteiger partial charge in [-0.2, -0.15) is 10.2 Å². The van der Waals surface area contributed by atoms with E-state index in [0.29, 0.717) is 40.0 Å². The number of hydrogen-bond acceptors (Lipinski definition) is 7. The fourth-order valence-electron chi connectivity index (χ4n) is 2.91. The normalized spacial score (nSPS) is 11.3. The zero-order valence-corrected chi connectivity index (χ0v) is 16.8. The van der Waals surface area contributed by atoms with Crippen molar-refractivity contribution in [2.45, 2.75) is 6.92 Å². The molecular weight excluding hydrogens is 376 g/mol. The average Bonchev–Trinajstić information content (AvgIpc) is 3.15. The van der Waals surface area contributed by atoms with Crippen LogP contribution in [0.4, 0.5) is 0 Å². The maximum Gasteiger partial charge on any atom is 0.236 e. The van der Waals surface area contributed by atoms with Crippen molar-refractivity contribution in [3.05, 3.63) is 41.6 Å². The van der Waals surface area contributed by atoms with E-state index < -0.39 is 0 Å². The van der Waals surface area contributed by atoms with E-state index >= 15 is 0 Å². The Morgan fingerprint density at radius 2 is 1.69 bits per heavy atom. The Balaban J connectivity index is 2.22. The minimum absolute atomic E-state index is 0.309. The number of hydrazone groups is 1. The summed E-state index contributed by atoms with van der Waals surface area (Å²) < 4.78 is 21.5. The van der Waals surface area contributed by atoms with Crippen LogP contribution >= 0.6 is 0 Å². The third-order valence-electron chi connectivity index (χ3n) is 4.26. The molecule has 9 nitrogen and oxygen atoms in total. The molecule has 2 aromatic carbocycles. The van der Waals surface area contributed by atoms with Gasteiger partial charge in [0.2, 0.25) is 11.7 Å². The molecule has 0 atom stereocenters. The van der Waals surface area contributed by atoms with Crippen LogP contribution < -0.4 is 24.4 Å². The number of methoxy groups -OCH3 is 4. The Labute approximate surface area is 167 Å².